The van der Waals surface area contributed by atoms with Crippen molar-refractivity contribution in [1.29, 1.82) is 0 Å². The number of ether oxygens (including phenoxy) is 1. The quantitative estimate of drug-likeness (QED) is 0.822. The number of imidazole rings is 1. The van der Waals surface area contributed by atoms with Crippen LogP contribution in [0.25, 0.3) is 5.95 Å². The standard InChI is InChI=1S/C18H23N5O4/c1-11-9-13(21-16(20-11)22-8-6-19-10-22)14-12(5-7-23(14)17(25)26)15(24)27-18(2,3)4/h6,8-10,12,14H,5,7H2,1-4H3,(H,25,26). The Morgan fingerprint density at radius 3 is 2.63 bits per heavy atom. The Hall–Kier alpha value is -2.97. The van der Waals surface area contributed by atoms with Gasteiger partial charge in [-0.3, -0.25) is 14.3 Å². The van der Waals surface area contributed by atoms with Crippen LogP contribution >= 0.6 is 0 Å². The molecule has 2 aromatic rings. The fourth-order valence-electron chi connectivity index (χ4n) is 3.22. The molecule has 1 aliphatic heterocycles. The van der Waals surface area contributed by atoms with Crippen molar-refractivity contribution >= 4 is 12.1 Å². The SMILES string of the molecule is Cc1cc(C2C(C(=O)OC(C)(C)C)CCN2C(=O)O)nc(-n2ccnc2)n1. The van der Waals surface area contributed by atoms with Crippen molar-refractivity contribution in [2.24, 2.45) is 5.92 Å². The number of aryl methyl sites for hydroxylation is 1. The number of nitrogens with zero attached hydrogens (tertiary/aromatic N) is 5. The van der Waals surface area contributed by atoms with Crippen LogP contribution in [0.15, 0.2) is 24.8 Å². The third kappa shape index (κ3) is 4.07. The zero-order valence-corrected chi connectivity index (χ0v) is 15.8. The number of carbonyl (C=O) groups is 2. The number of aromatic nitrogens is 4. The Bertz CT molecular complexity index is 844. The Morgan fingerprint density at radius 2 is 2.04 bits per heavy atom. The van der Waals surface area contributed by atoms with Crippen molar-refractivity contribution in [3.05, 3.63) is 36.2 Å². The lowest BCUT2D eigenvalue weighted by molar-refractivity contribution is -0.160. The van der Waals surface area contributed by atoms with Crippen LogP contribution < -0.4 is 0 Å². The normalized spacial score (nSPS) is 19.9. The average molecular weight is 373 g/mol. The van der Waals surface area contributed by atoms with Gasteiger partial charge in [-0.15, -0.1) is 0 Å². The molecule has 1 amide bonds. The molecule has 9 heteroatoms. The van der Waals surface area contributed by atoms with E-state index in [1.165, 1.54) is 4.90 Å². The second kappa shape index (κ2) is 6.98. The molecular weight excluding hydrogens is 350 g/mol. The molecule has 2 unspecified atom stereocenters. The maximum Gasteiger partial charge on any atom is 0.407 e. The molecule has 0 spiro atoms. The van der Waals surface area contributed by atoms with Gasteiger partial charge in [0.15, 0.2) is 0 Å². The number of rotatable bonds is 3. The van der Waals surface area contributed by atoms with Crippen molar-refractivity contribution in [3.8, 4) is 5.95 Å². The van der Waals surface area contributed by atoms with Crippen LogP contribution in [0.5, 0.6) is 0 Å². The zero-order chi connectivity index (χ0) is 19.8. The molecule has 1 aliphatic rings. The highest BCUT2D eigenvalue weighted by Crippen LogP contribution is 2.38. The van der Waals surface area contributed by atoms with Gasteiger partial charge in [-0.2, -0.15) is 0 Å². The first kappa shape index (κ1) is 18.8. The summed E-state index contributed by atoms with van der Waals surface area (Å²) in [6.45, 7) is 7.41. The van der Waals surface area contributed by atoms with Crippen LogP contribution in [0, 0.1) is 12.8 Å². The van der Waals surface area contributed by atoms with Gasteiger partial charge in [0.05, 0.1) is 17.7 Å². The van der Waals surface area contributed by atoms with E-state index in [0.717, 1.165) is 0 Å². The van der Waals surface area contributed by atoms with E-state index in [2.05, 4.69) is 15.0 Å². The van der Waals surface area contributed by atoms with Gasteiger partial charge < -0.3 is 9.84 Å². The summed E-state index contributed by atoms with van der Waals surface area (Å²) in [6.07, 6.45) is 4.16. The van der Waals surface area contributed by atoms with Gasteiger partial charge in [-0.05, 0) is 40.2 Å². The molecule has 0 aromatic carbocycles. The topological polar surface area (TPSA) is 110 Å². The molecule has 1 N–H and O–H groups in total. The number of hydrogen-bond acceptors (Lipinski definition) is 6. The molecule has 2 aromatic heterocycles. The van der Waals surface area contributed by atoms with Crippen LogP contribution in [-0.4, -0.2) is 53.7 Å². The molecule has 144 valence electrons. The monoisotopic (exact) mass is 373 g/mol. The van der Waals surface area contributed by atoms with Gasteiger partial charge in [0.25, 0.3) is 0 Å². The molecule has 1 fully saturated rings. The second-order valence-electron chi connectivity index (χ2n) is 7.55. The van der Waals surface area contributed by atoms with Crippen molar-refractivity contribution in [2.45, 2.75) is 45.8 Å². The van der Waals surface area contributed by atoms with Crippen molar-refractivity contribution in [3.63, 3.8) is 0 Å². The Kier molecular flexibility index (Phi) is 4.86. The fraction of sp³-hybridized carbons (Fsp3) is 0.500. The first-order valence-corrected chi connectivity index (χ1v) is 8.72. The molecule has 3 heterocycles. The second-order valence-corrected chi connectivity index (χ2v) is 7.55. The third-order valence-electron chi connectivity index (χ3n) is 4.25. The number of carboxylic acid groups (broad SMARTS) is 1. The van der Waals surface area contributed by atoms with E-state index in [0.29, 0.717) is 23.8 Å². The van der Waals surface area contributed by atoms with Gasteiger partial charge in [0, 0.05) is 24.6 Å². The number of carbonyl (C=O) groups excluding carboxylic acids is 1. The van der Waals surface area contributed by atoms with Gasteiger partial charge in [-0.1, -0.05) is 0 Å². The molecule has 9 nitrogen and oxygen atoms in total. The summed E-state index contributed by atoms with van der Waals surface area (Å²) >= 11 is 0. The number of likely N-dealkylation sites (tertiary alicyclic amines) is 1. The summed E-state index contributed by atoms with van der Waals surface area (Å²) in [7, 11) is 0. The number of esters is 1. The summed E-state index contributed by atoms with van der Waals surface area (Å²) in [4.78, 5) is 38.6. The third-order valence-corrected chi connectivity index (χ3v) is 4.25. The molecule has 0 bridgehead atoms. The lowest BCUT2D eigenvalue weighted by atomic mass is 9.96. The highest BCUT2D eigenvalue weighted by molar-refractivity contribution is 5.77. The van der Waals surface area contributed by atoms with Gasteiger partial charge >= 0.3 is 12.1 Å². The smallest absolute Gasteiger partial charge is 0.407 e. The van der Waals surface area contributed by atoms with Crippen LogP contribution in [0.2, 0.25) is 0 Å². The van der Waals surface area contributed by atoms with Crippen LogP contribution in [0.4, 0.5) is 4.79 Å². The lowest BCUT2D eigenvalue weighted by Crippen LogP contribution is -2.36. The van der Waals surface area contributed by atoms with E-state index >= 15 is 0 Å². The molecule has 3 rings (SSSR count). The Balaban J connectivity index is 2.01. The minimum Gasteiger partial charge on any atom is -0.465 e. The molecular formula is C18H23N5O4. The van der Waals surface area contributed by atoms with E-state index in [1.807, 2.05) is 0 Å². The van der Waals surface area contributed by atoms with Crippen LogP contribution in [-0.2, 0) is 9.53 Å². The molecule has 1 saturated heterocycles. The largest absolute Gasteiger partial charge is 0.465 e. The molecule has 0 aliphatic carbocycles. The summed E-state index contributed by atoms with van der Waals surface area (Å²) in [5.74, 6) is -0.662. The fourth-order valence-corrected chi connectivity index (χ4v) is 3.22. The Morgan fingerprint density at radius 1 is 1.30 bits per heavy atom. The van der Waals surface area contributed by atoms with Crippen LogP contribution in [0.1, 0.15) is 44.6 Å². The van der Waals surface area contributed by atoms with Crippen LogP contribution in [0.3, 0.4) is 0 Å². The molecule has 2 atom stereocenters. The van der Waals surface area contributed by atoms with Crippen molar-refractivity contribution in [2.75, 3.05) is 6.54 Å². The lowest BCUT2D eigenvalue weighted by Gasteiger charge is -2.27. The maximum atomic E-state index is 12.7. The minimum absolute atomic E-state index is 0.243. The predicted octanol–water partition coefficient (Wildman–Crippen LogP) is 2.35. The predicted molar refractivity (Wildman–Crippen MR) is 95.3 cm³/mol. The van der Waals surface area contributed by atoms with Gasteiger partial charge in [0.2, 0.25) is 5.95 Å². The highest BCUT2D eigenvalue weighted by Gasteiger charge is 2.45. The highest BCUT2D eigenvalue weighted by atomic mass is 16.6. The summed E-state index contributed by atoms with van der Waals surface area (Å²) in [6, 6.07) is 0.991. The van der Waals surface area contributed by atoms with Crippen molar-refractivity contribution in [1.82, 2.24) is 24.4 Å². The molecule has 27 heavy (non-hydrogen) atoms. The Labute approximate surface area is 157 Å². The summed E-state index contributed by atoms with van der Waals surface area (Å²) in [5, 5.41) is 9.61. The van der Waals surface area contributed by atoms with Gasteiger partial charge in [-0.25, -0.2) is 19.7 Å². The van der Waals surface area contributed by atoms with E-state index in [1.54, 1.807) is 57.0 Å². The first-order valence-electron chi connectivity index (χ1n) is 8.72. The molecule has 0 saturated carbocycles. The van der Waals surface area contributed by atoms with E-state index in [-0.39, 0.29) is 6.54 Å². The summed E-state index contributed by atoms with van der Waals surface area (Å²) < 4.78 is 7.15. The average Bonchev–Trinajstić information content (AvgIpc) is 3.22. The van der Waals surface area contributed by atoms with E-state index < -0.39 is 29.6 Å². The number of hydrogen-bond donors (Lipinski definition) is 1. The molecule has 0 radical (unpaired) electrons. The van der Waals surface area contributed by atoms with E-state index in [4.69, 9.17) is 4.74 Å². The first-order chi connectivity index (χ1) is 12.7. The van der Waals surface area contributed by atoms with Gasteiger partial charge in [0.1, 0.15) is 11.9 Å². The van der Waals surface area contributed by atoms with Crippen molar-refractivity contribution < 1.29 is 19.4 Å². The minimum atomic E-state index is -1.09. The zero-order valence-electron chi connectivity index (χ0n) is 15.8. The number of amides is 1. The maximum absolute atomic E-state index is 12.7. The summed E-state index contributed by atoms with van der Waals surface area (Å²) in [5.41, 5.74) is 0.493. The van der Waals surface area contributed by atoms with E-state index in [9.17, 15) is 14.7 Å².